The van der Waals surface area contributed by atoms with E-state index in [4.69, 9.17) is 14.2 Å². The minimum atomic E-state index is 0.158. The van der Waals surface area contributed by atoms with E-state index in [2.05, 4.69) is 24.3 Å². The number of methoxy groups -OCH3 is 1. The van der Waals surface area contributed by atoms with Crippen molar-refractivity contribution < 1.29 is 19.0 Å². The van der Waals surface area contributed by atoms with Gasteiger partial charge in [-0.1, -0.05) is 48.6 Å². The second-order valence-corrected chi connectivity index (χ2v) is 5.83. The Labute approximate surface area is 144 Å². The van der Waals surface area contributed by atoms with Crippen LogP contribution in [0.5, 0.6) is 0 Å². The smallest absolute Gasteiger partial charge is 0.161 e. The fourth-order valence-corrected chi connectivity index (χ4v) is 2.58. The van der Waals surface area contributed by atoms with Crippen LogP contribution in [-0.4, -0.2) is 32.9 Å². The molecule has 1 aliphatic rings. The summed E-state index contributed by atoms with van der Waals surface area (Å²) in [5, 5.41) is 0. The zero-order chi connectivity index (χ0) is 17.0. The molecule has 0 saturated heterocycles. The van der Waals surface area contributed by atoms with E-state index in [9.17, 15) is 4.79 Å². The first-order valence-corrected chi connectivity index (χ1v) is 8.38. The van der Waals surface area contributed by atoms with E-state index in [1.807, 2.05) is 24.3 Å². The Hall–Kier alpha value is -1.75. The van der Waals surface area contributed by atoms with Gasteiger partial charge in [-0.15, -0.1) is 0 Å². The molecule has 0 bridgehead atoms. The number of allylic oxidation sites excluding steroid dienone is 3. The molecule has 4 heteroatoms. The highest BCUT2D eigenvalue weighted by Crippen LogP contribution is 2.18. The minimum absolute atomic E-state index is 0.158. The molecular formula is C20H26O4. The van der Waals surface area contributed by atoms with Crippen molar-refractivity contribution in [3.63, 3.8) is 0 Å². The third kappa shape index (κ3) is 6.79. The Kier molecular flexibility index (Phi) is 8.46. The van der Waals surface area contributed by atoms with E-state index in [1.54, 1.807) is 7.11 Å². The summed E-state index contributed by atoms with van der Waals surface area (Å²) in [5.74, 6) is 0.358. The maximum Gasteiger partial charge on any atom is 0.161 e. The molecule has 0 radical (unpaired) electrons. The summed E-state index contributed by atoms with van der Waals surface area (Å²) in [6.07, 6.45) is 8.43. The van der Waals surface area contributed by atoms with Crippen LogP contribution in [0, 0.1) is 5.92 Å². The van der Waals surface area contributed by atoms with E-state index >= 15 is 0 Å². The van der Waals surface area contributed by atoms with Gasteiger partial charge < -0.3 is 14.2 Å². The number of hydrogen-bond acceptors (Lipinski definition) is 4. The van der Waals surface area contributed by atoms with Crippen LogP contribution in [0.15, 0.2) is 54.1 Å². The summed E-state index contributed by atoms with van der Waals surface area (Å²) in [7, 11) is 1.57. The van der Waals surface area contributed by atoms with E-state index in [-0.39, 0.29) is 18.5 Å². The second kappa shape index (κ2) is 10.9. The van der Waals surface area contributed by atoms with Gasteiger partial charge in [0.25, 0.3) is 0 Å². The average Bonchev–Trinajstić information content (AvgIpc) is 2.60. The van der Waals surface area contributed by atoms with Crippen molar-refractivity contribution in [3.05, 3.63) is 59.7 Å². The maximum absolute atomic E-state index is 12.2. The van der Waals surface area contributed by atoms with Crippen LogP contribution in [0.1, 0.15) is 24.8 Å². The topological polar surface area (TPSA) is 44.8 Å². The molecule has 4 nitrogen and oxygen atoms in total. The van der Waals surface area contributed by atoms with Crippen LogP contribution >= 0.6 is 0 Å². The molecule has 0 N–H and O–H groups in total. The standard InChI is InChI=1S/C20H26O4/c1-22-16-24-15-19-13-17(7-5-6-10-20(19)21)11-12-23-14-18-8-3-2-4-9-18/h2-5,7-9,13,17H,6,10-12,14-16H2,1H3/b7-5-,19-13-. The van der Waals surface area contributed by atoms with Crippen LogP contribution in [-0.2, 0) is 25.6 Å². The molecule has 1 atom stereocenters. The highest BCUT2D eigenvalue weighted by Gasteiger charge is 2.14. The summed E-state index contributed by atoms with van der Waals surface area (Å²) >= 11 is 0. The lowest BCUT2D eigenvalue weighted by molar-refractivity contribution is -0.116. The van der Waals surface area contributed by atoms with Crippen LogP contribution in [0.2, 0.25) is 0 Å². The average molecular weight is 330 g/mol. The van der Waals surface area contributed by atoms with Crippen molar-refractivity contribution in [2.24, 2.45) is 5.92 Å². The highest BCUT2D eigenvalue weighted by atomic mass is 16.7. The van der Waals surface area contributed by atoms with Gasteiger partial charge in [-0.2, -0.15) is 0 Å². The second-order valence-electron chi connectivity index (χ2n) is 5.83. The van der Waals surface area contributed by atoms with Crippen molar-refractivity contribution in [1.29, 1.82) is 0 Å². The molecule has 1 unspecified atom stereocenters. The van der Waals surface area contributed by atoms with Crippen LogP contribution in [0.25, 0.3) is 0 Å². The number of ketones is 1. The number of benzene rings is 1. The van der Waals surface area contributed by atoms with Crippen molar-refractivity contribution in [3.8, 4) is 0 Å². The largest absolute Gasteiger partial charge is 0.377 e. The summed E-state index contributed by atoms with van der Waals surface area (Å²) in [4.78, 5) is 12.2. The van der Waals surface area contributed by atoms with E-state index in [1.165, 1.54) is 5.56 Å². The molecule has 0 saturated carbocycles. The quantitative estimate of drug-likeness (QED) is 0.394. The minimum Gasteiger partial charge on any atom is -0.377 e. The third-order valence-electron chi connectivity index (χ3n) is 3.86. The Balaban J connectivity index is 1.83. The molecule has 0 aliphatic heterocycles. The van der Waals surface area contributed by atoms with Gasteiger partial charge in [-0.3, -0.25) is 4.79 Å². The molecule has 0 aromatic heterocycles. The summed E-state index contributed by atoms with van der Waals surface area (Å²) in [5.41, 5.74) is 1.91. The molecule has 0 spiro atoms. The van der Waals surface area contributed by atoms with Gasteiger partial charge in [0.2, 0.25) is 0 Å². The lowest BCUT2D eigenvalue weighted by atomic mass is 9.95. The molecule has 0 fully saturated rings. The van der Waals surface area contributed by atoms with Gasteiger partial charge in [-0.25, -0.2) is 0 Å². The number of carbonyl (C=O) groups excluding carboxylic acids is 1. The fourth-order valence-electron chi connectivity index (χ4n) is 2.58. The molecule has 1 aromatic rings. The predicted molar refractivity (Wildman–Crippen MR) is 93.5 cm³/mol. The monoisotopic (exact) mass is 330 g/mol. The van der Waals surface area contributed by atoms with Gasteiger partial charge in [-0.05, 0) is 24.3 Å². The predicted octanol–water partition coefficient (Wildman–Crippen LogP) is 3.68. The number of carbonyl (C=O) groups is 1. The zero-order valence-corrected chi connectivity index (χ0v) is 14.3. The van der Waals surface area contributed by atoms with E-state index in [0.29, 0.717) is 26.2 Å². The molecule has 2 rings (SSSR count). The van der Waals surface area contributed by atoms with Crippen molar-refractivity contribution in [1.82, 2.24) is 0 Å². The number of ether oxygens (including phenoxy) is 3. The highest BCUT2D eigenvalue weighted by molar-refractivity contribution is 5.95. The molecule has 24 heavy (non-hydrogen) atoms. The Morgan fingerprint density at radius 3 is 2.75 bits per heavy atom. The normalized spacial score (nSPS) is 21.6. The number of hydrogen-bond donors (Lipinski definition) is 0. The van der Waals surface area contributed by atoms with E-state index < -0.39 is 0 Å². The Morgan fingerprint density at radius 1 is 1.12 bits per heavy atom. The molecule has 1 aliphatic carbocycles. The summed E-state index contributed by atoms with van der Waals surface area (Å²) < 4.78 is 16.0. The van der Waals surface area contributed by atoms with Crippen molar-refractivity contribution in [2.75, 3.05) is 27.1 Å². The third-order valence-corrected chi connectivity index (χ3v) is 3.86. The number of rotatable bonds is 9. The van der Waals surface area contributed by atoms with E-state index in [0.717, 1.165) is 18.4 Å². The van der Waals surface area contributed by atoms with Gasteiger partial charge in [0.1, 0.15) is 6.79 Å². The molecule has 130 valence electrons. The van der Waals surface area contributed by atoms with Crippen LogP contribution in [0.4, 0.5) is 0 Å². The van der Waals surface area contributed by atoms with Gasteiger partial charge in [0, 0.05) is 25.7 Å². The Bertz CT molecular complexity index is 548. The Morgan fingerprint density at radius 2 is 1.96 bits per heavy atom. The van der Waals surface area contributed by atoms with Gasteiger partial charge >= 0.3 is 0 Å². The fraction of sp³-hybridized carbons (Fsp3) is 0.450. The van der Waals surface area contributed by atoms with Crippen LogP contribution < -0.4 is 0 Å². The SMILES string of the molecule is COCOC/C1=C/C(CCOCc2ccccc2)/C=C\CCC1=O. The van der Waals surface area contributed by atoms with Crippen molar-refractivity contribution >= 4 is 5.78 Å². The summed E-state index contributed by atoms with van der Waals surface area (Å²) in [6.45, 7) is 1.78. The molecule has 0 amide bonds. The van der Waals surface area contributed by atoms with Crippen LogP contribution in [0.3, 0.4) is 0 Å². The molecule has 1 aromatic carbocycles. The zero-order valence-electron chi connectivity index (χ0n) is 14.3. The first-order valence-electron chi connectivity index (χ1n) is 8.38. The summed E-state index contributed by atoms with van der Waals surface area (Å²) in [6, 6.07) is 10.1. The lowest BCUT2D eigenvalue weighted by Gasteiger charge is -2.15. The molecular weight excluding hydrogens is 304 g/mol. The first-order chi connectivity index (χ1) is 11.8. The number of Topliss-reactive ketones (excluding diaryl/α,β-unsaturated/α-hetero) is 1. The lowest BCUT2D eigenvalue weighted by Crippen LogP contribution is -2.14. The van der Waals surface area contributed by atoms with Gasteiger partial charge in [0.05, 0.1) is 13.2 Å². The first kappa shape index (κ1) is 18.6. The van der Waals surface area contributed by atoms with Gasteiger partial charge in [0.15, 0.2) is 5.78 Å². The van der Waals surface area contributed by atoms with Crippen molar-refractivity contribution in [2.45, 2.75) is 25.9 Å². The molecule has 0 heterocycles. The maximum atomic E-state index is 12.2.